The van der Waals surface area contributed by atoms with Crippen LogP contribution >= 0.6 is 0 Å². The van der Waals surface area contributed by atoms with Crippen LogP contribution in [0.3, 0.4) is 0 Å². The van der Waals surface area contributed by atoms with Crippen molar-refractivity contribution in [3.05, 3.63) is 0 Å². The first-order valence-electron chi connectivity index (χ1n) is 8.96. The highest BCUT2D eigenvalue weighted by atomic mass is 16.2. The Labute approximate surface area is 128 Å². The van der Waals surface area contributed by atoms with Gasteiger partial charge >= 0.3 is 0 Å². The van der Waals surface area contributed by atoms with E-state index in [0.717, 1.165) is 57.9 Å². The molecule has 2 aliphatic carbocycles. The van der Waals surface area contributed by atoms with Gasteiger partial charge in [0.05, 0.1) is 0 Å². The van der Waals surface area contributed by atoms with E-state index in [9.17, 15) is 9.59 Å². The van der Waals surface area contributed by atoms with Crippen LogP contribution in [0.1, 0.15) is 77.6 Å². The van der Waals surface area contributed by atoms with Crippen molar-refractivity contribution >= 4 is 11.7 Å². The Balaban J connectivity index is 1.73. The third kappa shape index (κ3) is 2.89. The van der Waals surface area contributed by atoms with Crippen molar-refractivity contribution in [1.29, 1.82) is 0 Å². The number of hydrogen-bond donors (Lipinski definition) is 0. The molecule has 3 rings (SSSR count). The summed E-state index contributed by atoms with van der Waals surface area (Å²) in [5, 5.41) is 0. The maximum atomic E-state index is 13.1. The fraction of sp³-hybridized carbons (Fsp3) is 0.889. The van der Waals surface area contributed by atoms with Crippen LogP contribution in [0.25, 0.3) is 0 Å². The lowest BCUT2D eigenvalue weighted by atomic mass is 9.74. The number of rotatable bonds is 2. The summed E-state index contributed by atoms with van der Waals surface area (Å²) < 4.78 is 0. The Morgan fingerprint density at radius 1 is 1.05 bits per heavy atom. The van der Waals surface area contributed by atoms with E-state index in [0.29, 0.717) is 11.7 Å². The standard InChI is InChI=1S/C18H29NO2/c1-18(11-5-2-6-12-18)17(21)19-13-7-9-15(19)14-8-3-4-10-16(14)20/h14-15H,2-13H2,1H3. The van der Waals surface area contributed by atoms with Crippen LogP contribution in [0.15, 0.2) is 0 Å². The van der Waals surface area contributed by atoms with Gasteiger partial charge in [0.15, 0.2) is 0 Å². The second-order valence-electron chi connectivity index (χ2n) is 7.65. The van der Waals surface area contributed by atoms with E-state index in [1.807, 2.05) is 0 Å². The topological polar surface area (TPSA) is 37.4 Å². The van der Waals surface area contributed by atoms with Crippen LogP contribution < -0.4 is 0 Å². The zero-order chi connectivity index (χ0) is 14.9. The van der Waals surface area contributed by atoms with Gasteiger partial charge in [-0.25, -0.2) is 0 Å². The summed E-state index contributed by atoms with van der Waals surface area (Å²) in [6.07, 6.45) is 11.8. The van der Waals surface area contributed by atoms with E-state index < -0.39 is 0 Å². The van der Waals surface area contributed by atoms with Crippen LogP contribution in [0, 0.1) is 11.3 Å². The number of ketones is 1. The number of hydrogen-bond acceptors (Lipinski definition) is 2. The summed E-state index contributed by atoms with van der Waals surface area (Å²) in [7, 11) is 0. The van der Waals surface area contributed by atoms with Gasteiger partial charge in [-0.15, -0.1) is 0 Å². The SMILES string of the molecule is CC1(C(=O)N2CCCC2C2CCCCC2=O)CCCCC1. The fourth-order valence-electron chi connectivity index (χ4n) is 4.77. The first-order chi connectivity index (χ1) is 10.1. The highest BCUT2D eigenvalue weighted by molar-refractivity contribution is 5.86. The largest absolute Gasteiger partial charge is 0.339 e. The molecule has 2 saturated carbocycles. The lowest BCUT2D eigenvalue weighted by Gasteiger charge is -2.40. The predicted molar refractivity (Wildman–Crippen MR) is 82.9 cm³/mol. The lowest BCUT2D eigenvalue weighted by Crippen LogP contribution is -2.49. The molecule has 3 fully saturated rings. The van der Waals surface area contributed by atoms with Crippen molar-refractivity contribution < 1.29 is 9.59 Å². The zero-order valence-corrected chi connectivity index (χ0v) is 13.4. The van der Waals surface area contributed by atoms with Crippen LogP contribution in [0.2, 0.25) is 0 Å². The van der Waals surface area contributed by atoms with Gasteiger partial charge in [0, 0.05) is 30.3 Å². The molecule has 0 spiro atoms. The van der Waals surface area contributed by atoms with E-state index in [1.54, 1.807) is 0 Å². The maximum Gasteiger partial charge on any atom is 0.228 e. The van der Waals surface area contributed by atoms with E-state index in [1.165, 1.54) is 19.3 Å². The summed E-state index contributed by atoms with van der Waals surface area (Å²) in [5.74, 6) is 0.903. The number of nitrogens with zero attached hydrogens (tertiary/aromatic N) is 1. The van der Waals surface area contributed by atoms with Gasteiger partial charge in [0.2, 0.25) is 5.91 Å². The third-order valence-electron chi connectivity index (χ3n) is 6.10. The molecule has 0 aromatic heterocycles. The molecule has 2 atom stereocenters. The van der Waals surface area contributed by atoms with Gasteiger partial charge in [-0.2, -0.15) is 0 Å². The second kappa shape index (κ2) is 6.10. The van der Waals surface area contributed by atoms with Gasteiger partial charge in [-0.1, -0.05) is 32.6 Å². The minimum absolute atomic E-state index is 0.136. The first-order valence-corrected chi connectivity index (χ1v) is 8.96. The maximum absolute atomic E-state index is 13.1. The van der Waals surface area contributed by atoms with Gasteiger partial charge in [0.1, 0.15) is 5.78 Å². The molecule has 0 radical (unpaired) electrons. The van der Waals surface area contributed by atoms with Crippen LogP contribution in [-0.2, 0) is 9.59 Å². The Hall–Kier alpha value is -0.860. The van der Waals surface area contributed by atoms with Crippen molar-refractivity contribution in [1.82, 2.24) is 4.90 Å². The van der Waals surface area contributed by atoms with Crippen LogP contribution in [-0.4, -0.2) is 29.2 Å². The van der Waals surface area contributed by atoms with Crippen molar-refractivity contribution in [3.63, 3.8) is 0 Å². The number of Topliss-reactive ketones (excluding diaryl/α,β-unsaturated/α-hetero) is 1. The Bertz CT molecular complexity index is 411. The van der Waals surface area contributed by atoms with E-state index in [2.05, 4.69) is 11.8 Å². The summed E-state index contributed by atoms with van der Waals surface area (Å²) >= 11 is 0. The highest BCUT2D eigenvalue weighted by Crippen LogP contribution is 2.41. The smallest absolute Gasteiger partial charge is 0.228 e. The Morgan fingerprint density at radius 3 is 2.52 bits per heavy atom. The predicted octanol–water partition coefficient (Wildman–Crippen LogP) is 3.71. The van der Waals surface area contributed by atoms with Crippen LogP contribution in [0.4, 0.5) is 0 Å². The summed E-state index contributed by atoms with van der Waals surface area (Å²) in [6.45, 7) is 3.04. The Kier molecular flexibility index (Phi) is 4.37. The molecule has 3 aliphatic rings. The van der Waals surface area contributed by atoms with Gasteiger partial charge in [0.25, 0.3) is 0 Å². The molecule has 1 amide bonds. The van der Waals surface area contributed by atoms with Gasteiger partial charge in [-0.3, -0.25) is 9.59 Å². The molecule has 21 heavy (non-hydrogen) atoms. The van der Waals surface area contributed by atoms with Gasteiger partial charge < -0.3 is 4.90 Å². The quantitative estimate of drug-likeness (QED) is 0.778. The molecule has 2 unspecified atom stereocenters. The molecule has 0 N–H and O–H groups in total. The highest BCUT2D eigenvalue weighted by Gasteiger charge is 2.44. The first kappa shape index (κ1) is 15.1. The molecular weight excluding hydrogens is 262 g/mol. The molecule has 0 aromatic carbocycles. The summed E-state index contributed by atoms with van der Waals surface area (Å²) in [6, 6.07) is 0.212. The van der Waals surface area contributed by atoms with E-state index in [-0.39, 0.29) is 17.4 Å². The van der Waals surface area contributed by atoms with Crippen molar-refractivity contribution in [2.45, 2.75) is 83.6 Å². The van der Waals surface area contributed by atoms with Crippen molar-refractivity contribution in [2.75, 3.05) is 6.54 Å². The molecular formula is C18H29NO2. The molecule has 1 saturated heterocycles. The molecule has 118 valence electrons. The molecule has 1 heterocycles. The van der Waals surface area contributed by atoms with E-state index in [4.69, 9.17) is 0 Å². The number of amides is 1. The third-order valence-corrected chi connectivity index (χ3v) is 6.10. The molecule has 0 bridgehead atoms. The monoisotopic (exact) mass is 291 g/mol. The van der Waals surface area contributed by atoms with Gasteiger partial charge in [-0.05, 0) is 38.5 Å². The summed E-state index contributed by atoms with van der Waals surface area (Å²) in [5.41, 5.74) is -0.154. The minimum atomic E-state index is -0.154. The Morgan fingerprint density at radius 2 is 1.81 bits per heavy atom. The zero-order valence-electron chi connectivity index (χ0n) is 13.4. The van der Waals surface area contributed by atoms with E-state index >= 15 is 0 Å². The normalized spacial score (nSPS) is 33.2. The molecule has 3 heteroatoms. The molecule has 3 nitrogen and oxygen atoms in total. The number of carbonyl (C=O) groups is 2. The lowest BCUT2D eigenvalue weighted by molar-refractivity contribution is -0.146. The second-order valence-corrected chi connectivity index (χ2v) is 7.65. The molecule has 0 aromatic rings. The van der Waals surface area contributed by atoms with Crippen LogP contribution in [0.5, 0.6) is 0 Å². The molecule has 1 aliphatic heterocycles. The fourth-order valence-corrected chi connectivity index (χ4v) is 4.77. The van der Waals surface area contributed by atoms with Crippen molar-refractivity contribution in [3.8, 4) is 0 Å². The average molecular weight is 291 g/mol. The number of likely N-dealkylation sites (tertiary alicyclic amines) is 1. The number of carbonyl (C=O) groups excluding carboxylic acids is 2. The minimum Gasteiger partial charge on any atom is -0.339 e. The summed E-state index contributed by atoms with van der Waals surface area (Å²) in [4.78, 5) is 27.5. The average Bonchev–Trinajstić information content (AvgIpc) is 2.97. The van der Waals surface area contributed by atoms with Crippen molar-refractivity contribution in [2.24, 2.45) is 11.3 Å².